The van der Waals surface area contributed by atoms with Crippen LogP contribution in [0.3, 0.4) is 0 Å². The Morgan fingerprint density at radius 1 is 1.37 bits per heavy atom. The molecule has 0 atom stereocenters. The lowest BCUT2D eigenvalue weighted by atomic mass is 9.76. The van der Waals surface area contributed by atoms with Gasteiger partial charge < -0.3 is 9.80 Å². The van der Waals surface area contributed by atoms with E-state index < -0.39 is 0 Å². The molecule has 104 valence electrons. The number of carbonyl (C=O) groups excluding carboxylic acids is 2. The van der Waals surface area contributed by atoms with Crippen molar-refractivity contribution >= 4 is 11.8 Å². The first-order valence-corrected chi connectivity index (χ1v) is 6.75. The molecule has 0 aromatic rings. The third-order valence-electron chi connectivity index (χ3n) is 4.04. The summed E-state index contributed by atoms with van der Waals surface area (Å²) in [6.45, 7) is 12.5. The van der Waals surface area contributed by atoms with Crippen LogP contribution in [0.2, 0.25) is 0 Å². The molecule has 4 heteroatoms. The molecule has 0 saturated carbocycles. The van der Waals surface area contributed by atoms with Crippen LogP contribution in [0.4, 0.5) is 0 Å². The smallest absolute Gasteiger partial charge is 0.251 e. The van der Waals surface area contributed by atoms with E-state index in [2.05, 4.69) is 27.4 Å². The highest BCUT2D eigenvalue weighted by molar-refractivity contribution is 5.93. The SMILES string of the molecule is C=C1C=CC(=O)N1CCC(=O)N1CC(C(C)(C)C)C1. The molecule has 0 unspecified atom stereocenters. The molecule has 2 aliphatic rings. The molecule has 2 heterocycles. The first-order chi connectivity index (χ1) is 8.79. The van der Waals surface area contributed by atoms with Crippen molar-refractivity contribution in [2.45, 2.75) is 27.2 Å². The number of likely N-dealkylation sites (tertiary alicyclic amines) is 1. The minimum absolute atomic E-state index is 0.0750. The van der Waals surface area contributed by atoms with Crippen LogP contribution in [0.25, 0.3) is 0 Å². The van der Waals surface area contributed by atoms with E-state index in [0.29, 0.717) is 24.6 Å². The molecule has 0 spiro atoms. The highest BCUT2D eigenvalue weighted by Gasteiger charge is 2.37. The van der Waals surface area contributed by atoms with Gasteiger partial charge in [-0.25, -0.2) is 0 Å². The Morgan fingerprint density at radius 2 is 2.00 bits per heavy atom. The van der Waals surface area contributed by atoms with Gasteiger partial charge in [-0.15, -0.1) is 0 Å². The summed E-state index contributed by atoms with van der Waals surface area (Å²) in [5, 5.41) is 0. The number of allylic oxidation sites excluding steroid dienone is 1. The number of carbonyl (C=O) groups is 2. The van der Waals surface area contributed by atoms with E-state index >= 15 is 0 Å². The molecule has 19 heavy (non-hydrogen) atoms. The zero-order valence-corrected chi connectivity index (χ0v) is 12.0. The Balaban J connectivity index is 1.75. The molecule has 0 aromatic carbocycles. The number of nitrogens with zero attached hydrogens (tertiary/aromatic N) is 2. The van der Waals surface area contributed by atoms with Crippen molar-refractivity contribution in [1.29, 1.82) is 0 Å². The van der Waals surface area contributed by atoms with Crippen LogP contribution in [0.15, 0.2) is 24.4 Å². The maximum absolute atomic E-state index is 12.0. The van der Waals surface area contributed by atoms with Crippen LogP contribution in [0, 0.1) is 11.3 Å². The maximum Gasteiger partial charge on any atom is 0.251 e. The third kappa shape index (κ3) is 2.88. The molecular weight excluding hydrogens is 240 g/mol. The van der Waals surface area contributed by atoms with Gasteiger partial charge in [0.05, 0.1) is 0 Å². The van der Waals surface area contributed by atoms with Gasteiger partial charge in [-0.2, -0.15) is 0 Å². The first kappa shape index (κ1) is 13.8. The van der Waals surface area contributed by atoms with E-state index in [4.69, 9.17) is 0 Å². The van der Waals surface area contributed by atoms with Gasteiger partial charge in [-0.05, 0) is 17.4 Å². The van der Waals surface area contributed by atoms with Gasteiger partial charge in [0.1, 0.15) is 0 Å². The Bertz CT molecular complexity index is 422. The molecule has 0 bridgehead atoms. The van der Waals surface area contributed by atoms with E-state index in [1.807, 2.05) is 4.90 Å². The molecule has 0 N–H and O–H groups in total. The average molecular weight is 262 g/mol. The van der Waals surface area contributed by atoms with E-state index in [9.17, 15) is 9.59 Å². The van der Waals surface area contributed by atoms with Crippen LogP contribution in [-0.2, 0) is 9.59 Å². The van der Waals surface area contributed by atoms with Crippen molar-refractivity contribution in [3.63, 3.8) is 0 Å². The van der Waals surface area contributed by atoms with Gasteiger partial charge >= 0.3 is 0 Å². The second kappa shape index (κ2) is 4.83. The normalized spacial score (nSPS) is 20.2. The highest BCUT2D eigenvalue weighted by Crippen LogP contribution is 2.33. The molecule has 0 aromatic heterocycles. The van der Waals surface area contributed by atoms with Crippen molar-refractivity contribution in [2.24, 2.45) is 11.3 Å². The average Bonchev–Trinajstić information content (AvgIpc) is 2.51. The Kier molecular flexibility index (Phi) is 3.52. The summed E-state index contributed by atoms with van der Waals surface area (Å²) in [4.78, 5) is 26.9. The minimum atomic E-state index is -0.0750. The molecule has 1 fully saturated rings. The summed E-state index contributed by atoms with van der Waals surface area (Å²) in [5.74, 6) is 0.642. The van der Waals surface area contributed by atoms with Gasteiger partial charge in [0.15, 0.2) is 0 Å². The fraction of sp³-hybridized carbons (Fsp3) is 0.600. The Morgan fingerprint density at radius 3 is 2.47 bits per heavy atom. The number of amides is 2. The maximum atomic E-state index is 12.0. The zero-order chi connectivity index (χ0) is 14.2. The van der Waals surface area contributed by atoms with Crippen LogP contribution < -0.4 is 0 Å². The van der Waals surface area contributed by atoms with Gasteiger partial charge in [-0.1, -0.05) is 27.4 Å². The topological polar surface area (TPSA) is 40.6 Å². The highest BCUT2D eigenvalue weighted by atomic mass is 16.2. The van der Waals surface area contributed by atoms with Crippen molar-refractivity contribution in [2.75, 3.05) is 19.6 Å². The lowest BCUT2D eigenvalue weighted by molar-refractivity contribution is -0.140. The van der Waals surface area contributed by atoms with Crippen LogP contribution in [0.1, 0.15) is 27.2 Å². The summed E-state index contributed by atoms with van der Waals surface area (Å²) < 4.78 is 0. The van der Waals surface area contributed by atoms with E-state index in [0.717, 1.165) is 13.1 Å². The lowest BCUT2D eigenvalue weighted by Gasteiger charge is -2.46. The second-order valence-corrected chi connectivity index (χ2v) is 6.43. The monoisotopic (exact) mass is 262 g/mol. The molecule has 0 radical (unpaired) electrons. The first-order valence-electron chi connectivity index (χ1n) is 6.75. The number of hydrogen-bond donors (Lipinski definition) is 0. The summed E-state index contributed by atoms with van der Waals surface area (Å²) in [6, 6.07) is 0. The van der Waals surface area contributed by atoms with Crippen molar-refractivity contribution in [1.82, 2.24) is 9.80 Å². The lowest BCUT2D eigenvalue weighted by Crippen LogP contribution is -2.54. The molecule has 4 nitrogen and oxygen atoms in total. The third-order valence-corrected chi connectivity index (χ3v) is 4.04. The predicted molar refractivity (Wildman–Crippen MR) is 74.1 cm³/mol. The fourth-order valence-corrected chi connectivity index (χ4v) is 2.34. The largest absolute Gasteiger partial charge is 0.342 e. The van der Waals surface area contributed by atoms with E-state index in [1.165, 1.54) is 6.08 Å². The predicted octanol–water partition coefficient (Wildman–Crippen LogP) is 1.79. The molecule has 0 aliphatic carbocycles. The standard InChI is InChI=1S/C15H22N2O2/c1-11-5-6-14(19)17(11)8-7-13(18)16-9-12(10-16)15(2,3)4/h5-6,12H,1,7-10H2,2-4H3. The van der Waals surface area contributed by atoms with E-state index in [1.54, 1.807) is 11.0 Å². The Labute approximate surface area is 114 Å². The molecule has 2 aliphatic heterocycles. The molecule has 2 rings (SSSR count). The van der Waals surface area contributed by atoms with Gasteiger partial charge in [0.25, 0.3) is 5.91 Å². The summed E-state index contributed by atoms with van der Waals surface area (Å²) in [6.07, 6.45) is 3.56. The fourth-order valence-electron chi connectivity index (χ4n) is 2.34. The summed E-state index contributed by atoms with van der Waals surface area (Å²) in [7, 11) is 0. The zero-order valence-electron chi connectivity index (χ0n) is 12.0. The summed E-state index contributed by atoms with van der Waals surface area (Å²) in [5.41, 5.74) is 0.939. The quantitative estimate of drug-likeness (QED) is 0.778. The Hall–Kier alpha value is -1.58. The van der Waals surface area contributed by atoms with Crippen LogP contribution in [0.5, 0.6) is 0 Å². The van der Waals surface area contributed by atoms with Crippen LogP contribution in [-0.4, -0.2) is 41.2 Å². The van der Waals surface area contributed by atoms with Crippen molar-refractivity contribution in [3.05, 3.63) is 24.4 Å². The number of rotatable bonds is 3. The summed E-state index contributed by atoms with van der Waals surface area (Å²) >= 11 is 0. The van der Waals surface area contributed by atoms with E-state index in [-0.39, 0.29) is 17.2 Å². The van der Waals surface area contributed by atoms with Gasteiger partial charge in [-0.3, -0.25) is 9.59 Å². The van der Waals surface area contributed by atoms with Gasteiger partial charge in [0.2, 0.25) is 5.91 Å². The molecular formula is C15H22N2O2. The minimum Gasteiger partial charge on any atom is -0.342 e. The van der Waals surface area contributed by atoms with Gasteiger partial charge in [0, 0.05) is 37.8 Å². The van der Waals surface area contributed by atoms with Crippen LogP contribution >= 0.6 is 0 Å². The van der Waals surface area contributed by atoms with Crippen molar-refractivity contribution in [3.8, 4) is 0 Å². The number of hydrogen-bond acceptors (Lipinski definition) is 2. The second-order valence-electron chi connectivity index (χ2n) is 6.43. The molecule has 1 saturated heterocycles. The van der Waals surface area contributed by atoms with Crippen molar-refractivity contribution < 1.29 is 9.59 Å². The molecule has 2 amide bonds.